The van der Waals surface area contributed by atoms with Crippen LogP contribution in [-0.2, 0) is 0 Å². The average molecular weight is 224 g/mol. The van der Waals surface area contributed by atoms with E-state index in [4.69, 9.17) is 5.26 Å². The zero-order chi connectivity index (χ0) is 12.0. The topological polar surface area (TPSA) is 33.5 Å². The van der Waals surface area contributed by atoms with E-state index in [0.29, 0.717) is 0 Å². The lowest BCUT2D eigenvalue weighted by molar-refractivity contribution is 0.116. The molecular formula is C12H24N4. The van der Waals surface area contributed by atoms with Gasteiger partial charge in [-0.05, 0) is 40.5 Å². The van der Waals surface area contributed by atoms with E-state index in [9.17, 15) is 0 Å². The molecule has 1 fully saturated rings. The SMILES string of the molecule is CC(C#N)N1CCN(CCCN(C)C)CC1. The first-order chi connectivity index (χ1) is 7.63. The van der Waals surface area contributed by atoms with E-state index in [0.717, 1.165) is 32.7 Å². The van der Waals surface area contributed by atoms with E-state index in [1.165, 1.54) is 13.0 Å². The van der Waals surface area contributed by atoms with Gasteiger partial charge in [0.1, 0.15) is 0 Å². The minimum Gasteiger partial charge on any atom is -0.309 e. The first-order valence-electron chi connectivity index (χ1n) is 6.14. The molecule has 1 atom stereocenters. The molecule has 4 heteroatoms. The van der Waals surface area contributed by atoms with Gasteiger partial charge < -0.3 is 9.80 Å². The average Bonchev–Trinajstić information content (AvgIpc) is 2.28. The van der Waals surface area contributed by atoms with Gasteiger partial charge in [0.25, 0.3) is 0 Å². The second-order valence-electron chi connectivity index (χ2n) is 4.84. The highest BCUT2D eigenvalue weighted by molar-refractivity contribution is 4.90. The summed E-state index contributed by atoms with van der Waals surface area (Å²) in [5.74, 6) is 0. The molecule has 0 N–H and O–H groups in total. The van der Waals surface area contributed by atoms with Gasteiger partial charge in [-0.1, -0.05) is 0 Å². The van der Waals surface area contributed by atoms with Gasteiger partial charge in [-0.15, -0.1) is 0 Å². The second kappa shape index (κ2) is 6.85. The van der Waals surface area contributed by atoms with Crippen molar-refractivity contribution >= 4 is 0 Å². The lowest BCUT2D eigenvalue weighted by Gasteiger charge is -2.36. The van der Waals surface area contributed by atoms with Crippen LogP contribution in [0.2, 0.25) is 0 Å². The fourth-order valence-electron chi connectivity index (χ4n) is 2.07. The molecule has 1 saturated heterocycles. The molecule has 4 nitrogen and oxygen atoms in total. The van der Waals surface area contributed by atoms with E-state index in [2.05, 4.69) is 34.9 Å². The van der Waals surface area contributed by atoms with Gasteiger partial charge in [0.05, 0.1) is 12.1 Å². The number of rotatable bonds is 5. The van der Waals surface area contributed by atoms with Gasteiger partial charge in [-0.25, -0.2) is 0 Å². The highest BCUT2D eigenvalue weighted by atomic mass is 15.3. The van der Waals surface area contributed by atoms with Crippen LogP contribution in [0, 0.1) is 11.3 Å². The Morgan fingerprint density at radius 2 is 1.88 bits per heavy atom. The molecule has 0 spiro atoms. The van der Waals surface area contributed by atoms with Crippen LogP contribution in [-0.4, -0.2) is 74.1 Å². The van der Waals surface area contributed by atoms with Crippen molar-refractivity contribution in [3.8, 4) is 6.07 Å². The van der Waals surface area contributed by atoms with Crippen LogP contribution in [0.25, 0.3) is 0 Å². The van der Waals surface area contributed by atoms with E-state index < -0.39 is 0 Å². The number of nitrogens with zero attached hydrogens (tertiary/aromatic N) is 4. The zero-order valence-corrected chi connectivity index (χ0v) is 10.8. The Morgan fingerprint density at radius 1 is 1.25 bits per heavy atom. The number of piperazine rings is 1. The second-order valence-corrected chi connectivity index (χ2v) is 4.84. The van der Waals surface area contributed by atoms with Crippen LogP contribution < -0.4 is 0 Å². The Balaban J connectivity index is 2.15. The maximum atomic E-state index is 8.84. The van der Waals surface area contributed by atoms with Crippen molar-refractivity contribution < 1.29 is 0 Å². The Hall–Kier alpha value is -0.630. The van der Waals surface area contributed by atoms with Crippen molar-refractivity contribution in [3.63, 3.8) is 0 Å². The Labute approximate surface area is 99.4 Å². The summed E-state index contributed by atoms with van der Waals surface area (Å²) in [5, 5.41) is 8.84. The highest BCUT2D eigenvalue weighted by Crippen LogP contribution is 2.06. The standard InChI is InChI=1S/C12H24N4/c1-12(11-13)16-9-7-15(8-10-16)6-4-5-14(2)3/h12H,4-10H2,1-3H3. The maximum Gasteiger partial charge on any atom is 0.0950 e. The molecule has 0 aromatic heterocycles. The van der Waals surface area contributed by atoms with Crippen LogP contribution >= 0.6 is 0 Å². The lowest BCUT2D eigenvalue weighted by atomic mass is 10.2. The summed E-state index contributed by atoms with van der Waals surface area (Å²) >= 11 is 0. The summed E-state index contributed by atoms with van der Waals surface area (Å²) in [7, 11) is 4.24. The van der Waals surface area contributed by atoms with Gasteiger partial charge in [0.15, 0.2) is 0 Å². The molecule has 1 unspecified atom stereocenters. The third-order valence-electron chi connectivity index (χ3n) is 3.22. The van der Waals surface area contributed by atoms with Crippen LogP contribution in [0.15, 0.2) is 0 Å². The van der Waals surface area contributed by atoms with Gasteiger partial charge in [-0.2, -0.15) is 5.26 Å². The van der Waals surface area contributed by atoms with Crippen LogP contribution in [0.4, 0.5) is 0 Å². The molecule has 0 aromatic rings. The summed E-state index contributed by atoms with van der Waals surface area (Å²) in [6.07, 6.45) is 1.24. The first-order valence-corrected chi connectivity index (χ1v) is 6.14. The molecule has 1 aliphatic rings. The third-order valence-corrected chi connectivity index (χ3v) is 3.22. The summed E-state index contributed by atoms with van der Waals surface area (Å²) in [4.78, 5) is 7.00. The minimum atomic E-state index is 0.0731. The fraction of sp³-hybridized carbons (Fsp3) is 0.917. The summed E-state index contributed by atoms with van der Waals surface area (Å²) in [5.41, 5.74) is 0. The lowest BCUT2D eigenvalue weighted by Crippen LogP contribution is -2.49. The van der Waals surface area contributed by atoms with Crippen LogP contribution in [0.3, 0.4) is 0 Å². The smallest absolute Gasteiger partial charge is 0.0950 e. The van der Waals surface area contributed by atoms with Crippen molar-refractivity contribution in [3.05, 3.63) is 0 Å². The minimum absolute atomic E-state index is 0.0731. The molecule has 0 amide bonds. The van der Waals surface area contributed by atoms with E-state index in [1.807, 2.05) is 6.92 Å². The Kier molecular flexibility index (Phi) is 5.75. The summed E-state index contributed by atoms with van der Waals surface area (Å²) in [6, 6.07) is 2.38. The third kappa shape index (κ3) is 4.48. The first kappa shape index (κ1) is 13.4. The van der Waals surface area contributed by atoms with Gasteiger partial charge in [0, 0.05) is 26.2 Å². The van der Waals surface area contributed by atoms with Crippen LogP contribution in [0.5, 0.6) is 0 Å². The molecule has 0 saturated carbocycles. The van der Waals surface area contributed by atoms with Crippen molar-refractivity contribution in [1.82, 2.24) is 14.7 Å². The fourth-order valence-corrected chi connectivity index (χ4v) is 2.07. The molecule has 16 heavy (non-hydrogen) atoms. The highest BCUT2D eigenvalue weighted by Gasteiger charge is 2.20. The van der Waals surface area contributed by atoms with Crippen molar-refractivity contribution in [2.75, 3.05) is 53.4 Å². The van der Waals surface area contributed by atoms with E-state index in [-0.39, 0.29) is 6.04 Å². The largest absolute Gasteiger partial charge is 0.309 e. The molecule has 0 aliphatic carbocycles. The molecular weight excluding hydrogens is 200 g/mol. The Bertz CT molecular complexity index is 226. The van der Waals surface area contributed by atoms with Gasteiger partial charge in [-0.3, -0.25) is 4.90 Å². The Morgan fingerprint density at radius 3 is 2.38 bits per heavy atom. The number of nitriles is 1. The number of hydrogen-bond acceptors (Lipinski definition) is 4. The molecule has 0 radical (unpaired) electrons. The van der Waals surface area contributed by atoms with Crippen LogP contribution in [0.1, 0.15) is 13.3 Å². The van der Waals surface area contributed by atoms with Crippen molar-refractivity contribution in [1.29, 1.82) is 5.26 Å². The molecule has 0 bridgehead atoms. The zero-order valence-electron chi connectivity index (χ0n) is 10.8. The predicted molar refractivity (Wildman–Crippen MR) is 66.3 cm³/mol. The quantitative estimate of drug-likeness (QED) is 0.680. The monoisotopic (exact) mass is 224 g/mol. The molecule has 1 heterocycles. The summed E-state index contributed by atoms with van der Waals surface area (Å²) in [6.45, 7) is 8.63. The van der Waals surface area contributed by atoms with Gasteiger partial charge in [0.2, 0.25) is 0 Å². The molecule has 1 rings (SSSR count). The van der Waals surface area contributed by atoms with Gasteiger partial charge >= 0.3 is 0 Å². The van der Waals surface area contributed by atoms with Crippen molar-refractivity contribution in [2.45, 2.75) is 19.4 Å². The number of hydrogen-bond donors (Lipinski definition) is 0. The molecule has 92 valence electrons. The maximum absolute atomic E-state index is 8.84. The van der Waals surface area contributed by atoms with E-state index >= 15 is 0 Å². The van der Waals surface area contributed by atoms with Crippen molar-refractivity contribution in [2.24, 2.45) is 0 Å². The van der Waals surface area contributed by atoms with E-state index in [1.54, 1.807) is 0 Å². The predicted octanol–water partition coefficient (Wildman–Crippen LogP) is 0.468. The molecule has 1 aliphatic heterocycles. The summed E-state index contributed by atoms with van der Waals surface area (Å²) < 4.78 is 0. The normalized spacial score (nSPS) is 20.9. The molecule has 0 aromatic carbocycles.